The van der Waals surface area contributed by atoms with Crippen LogP contribution in [0.2, 0.25) is 0 Å². The number of carbonyl (C=O) groups is 1. The standard InChI is InChI=1S/C9H15NO/c1-6(7(2)10)8(11)9(3,4)5/h10H,1H2,2-5H3. The number of ketones is 1. The highest BCUT2D eigenvalue weighted by atomic mass is 16.1. The molecule has 0 aromatic carbocycles. The minimum Gasteiger partial charge on any atom is -0.305 e. The maximum atomic E-state index is 11.4. The molecule has 0 atom stereocenters. The second-order valence-corrected chi connectivity index (χ2v) is 3.68. The molecule has 0 rings (SSSR count). The third kappa shape index (κ3) is 2.66. The highest BCUT2D eigenvalue weighted by Gasteiger charge is 2.24. The van der Waals surface area contributed by atoms with E-state index in [-0.39, 0.29) is 11.5 Å². The van der Waals surface area contributed by atoms with Gasteiger partial charge in [0.25, 0.3) is 0 Å². The quantitative estimate of drug-likeness (QED) is 0.479. The SMILES string of the molecule is C=C(C(C)=N)C(=O)C(C)(C)C. The monoisotopic (exact) mass is 153 g/mol. The Balaban J connectivity index is 4.53. The summed E-state index contributed by atoms with van der Waals surface area (Å²) in [6.07, 6.45) is 0. The van der Waals surface area contributed by atoms with E-state index in [1.807, 2.05) is 20.8 Å². The predicted molar refractivity (Wildman–Crippen MR) is 47.0 cm³/mol. The topological polar surface area (TPSA) is 40.9 Å². The van der Waals surface area contributed by atoms with Crippen molar-refractivity contribution >= 4 is 11.5 Å². The van der Waals surface area contributed by atoms with Gasteiger partial charge in [-0.3, -0.25) is 4.79 Å². The summed E-state index contributed by atoms with van der Waals surface area (Å²) >= 11 is 0. The van der Waals surface area contributed by atoms with E-state index in [9.17, 15) is 4.79 Å². The largest absolute Gasteiger partial charge is 0.305 e. The summed E-state index contributed by atoms with van der Waals surface area (Å²) in [5, 5.41) is 7.19. The average molecular weight is 153 g/mol. The second kappa shape index (κ2) is 2.99. The third-order valence-corrected chi connectivity index (χ3v) is 1.41. The predicted octanol–water partition coefficient (Wildman–Crippen LogP) is 2.20. The van der Waals surface area contributed by atoms with Gasteiger partial charge in [0.05, 0.1) is 0 Å². The van der Waals surface area contributed by atoms with E-state index < -0.39 is 5.41 Å². The summed E-state index contributed by atoms with van der Waals surface area (Å²) in [4.78, 5) is 11.4. The molecule has 0 unspecified atom stereocenters. The van der Waals surface area contributed by atoms with Gasteiger partial charge in [-0.05, 0) is 6.92 Å². The minimum absolute atomic E-state index is 0.0509. The molecule has 0 saturated carbocycles. The van der Waals surface area contributed by atoms with Crippen molar-refractivity contribution in [3.63, 3.8) is 0 Å². The zero-order chi connectivity index (χ0) is 9.23. The van der Waals surface area contributed by atoms with Crippen molar-refractivity contribution in [2.45, 2.75) is 27.7 Å². The first-order chi connectivity index (χ1) is 4.76. The Bertz CT molecular complexity index is 208. The molecular weight excluding hydrogens is 138 g/mol. The molecule has 2 heteroatoms. The van der Waals surface area contributed by atoms with E-state index in [4.69, 9.17) is 5.41 Å². The van der Waals surface area contributed by atoms with Crippen LogP contribution in [0.25, 0.3) is 0 Å². The fourth-order valence-electron chi connectivity index (χ4n) is 0.623. The number of carbonyl (C=O) groups excluding carboxylic acids is 1. The van der Waals surface area contributed by atoms with Crippen molar-refractivity contribution in [3.8, 4) is 0 Å². The van der Waals surface area contributed by atoms with Gasteiger partial charge in [-0.25, -0.2) is 0 Å². The van der Waals surface area contributed by atoms with Crippen LogP contribution in [-0.4, -0.2) is 11.5 Å². The van der Waals surface area contributed by atoms with Gasteiger partial charge in [0, 0.05) is 16.7 Å². The Morgan fingerprint density at radius 1 is 1.36 bits per heavy atom. The maximum Gasteiger partial charge on any atom is 0.169 e. The van der Waals surface area contributed by atoms with Crippen LogP contribution < -0.4 is 0 Å². The first kappa shape index (κ1) is 10.1. The Kier molecular flexibility index (Phi) is 2.74. The molecule has 0 bridgehead atoms. The molecule has 2 nitrogen and oxygen atoms in total. The summed E-state index contributed by atoms with van der Waals surface area (Å²) in [5.74, 6) is -0.0509. The molecule has 0 heterocycles. The Morgan fingerprint density at radius 3 is 1.82 bits per heavy atom. The zero-order valence-corrected chi connectivity index (χ0v) is 7.62. The highest BCUT2D eigenvalue weighted by Crippen LogP contribution is 2.19. The zero-order valence-electron chi connectivity index (χ0n) is 7.62. The van der Waals surface area contributed by atoms with Crippen molar-refractivity contribution in [1.29, 1.82) is 5.41 Å². The first-order valence-corrected chi connectivity index (χ1v) is 3.56. The van der Waals surface area contributed by atoms with E-state index in [0.29, 0.717) is 5.57 Å². The molecular formula is C9H15NO. The van der Waals surface area contributed by atoms with Gasteiger partial charge in [-0.15, -0.1) is 0 Å². The number of hydrogen-bond donors (Lipinski definition) is 1. The lowest BCUT2D eigenvalue weighted by molar-refractivity contribution is -0.121. The molecule has 0 amide bonds. The summed E-state index contributed by atoms with van der Waals surface area (Å²) in [7, 11) is 0. The van der Waals surface area contributed by atoms with Gasteiger partial charge < -0.3 is 5.41 Å². The lowest BCUT2D eigenvalue weighted by Crippen LogP contribution is -2.24. The van der Waals surface area contributed by atoms with Crippen LogP contribution in [0.4, 0.5) is 0 Å². The maximum absolute atomic E-state index is 11.4. The van der Waals surface area contributed by atoms with Crippen molar-refractivity contribution < 1.29 is 4.79 Å². The van der Waals surface area contributed by atoms with Crippen LogP contribution >= 0.6 is 0 Å². The summed E-state index contributed by atoms with van der Waals surface area (Å²) in [6.45, 7) is 10.6. The lowest BCUT2D eigenvalue weighted by atomic mass is 9.85. The van der Waals surface area contributed by atoms with Crippen LogP contribution in [0, 0.1) is 10.8 Å². The van der Waals surface area contributed by atoms with E-state index in [1.54, 1.807) is 6.92 Å². The minimum atomic E-state index is -0.417. The summed E-state index contributed by atoms with van der Waals surface area (Å²) in [6, 6.07) is 0. The number of rotatable bonds is 2. The molecule has 0 aliphatic rings. The Morgan fingerprint density at radius 2 is 1.73 bits per heavy atom. The molecule has 0 radical (unpaired) electrons. The van der Waals surface area contributed by atoms with Crippen LogP contribution in [0.3, 0.4) is 0 Å². The molecule has 62 valence electrons. The van der Waals surface area contributed by atoms with E-state index in [1.165, 1.54) is 0 Å². The average Bonchev–Trinajstić information content (AvgIpc) is 1.82. The van der Waals surface area contributed by atoms with Gasteiger partial charge >= 0.3 is 0 Å². The molecule has 1 N–H and O–H groups in total. The molecule has 0 saturated heterocycles. The Hall–Kier alpha value is -0.920. The molecule has 0 aromatic rings. The van der Waals surface area contributed by atoms with Crippen LogP contribution in [0.5, 0.6) is 0 Å². The number of hydrogen-bond acceptors (Lipinski definition) is 2. The number of nitrogens with one attached hydrogen (secondary N) is 1. The lowest BCUT2D eigenvalue weighted by Gasteiger charge is -2.17. The van der Waals surface area contributed by atoms with Gasteiger partial charge in [0.2, 0.25) is 0 Å². The van der Waals surface area contributed by atoms with E-state index >= 15 is 0 Å². The van der Waals surface area contributed by atoms with Gasteiger partial charge in [0.1, 0.15) is 0 Å². The summed E-state index contributed by atoms with van der Waals surface area (Å²) in [5.41, 5.74) is 0.154. The van der Waals surface area contributed by atoms with Crippen molar-refractivity contribution in [3.05, 3.63) is 12.2 Å². The highest BCUT2D eigenvalue weighted by molar-refractivity contribution is 6.21. The van der Waals surface area contributed by atoms with E-state index in [2.05, 4.69) is 6.58 Å². The number of Topliss-reactive ketones (excluding diaryl/α,β-unsaturated/α-hetero) is 1. The number of allylic oxidation sites excluding steroid dienone is 1. The van der Waals surface area contributed by atoms with Crippen molar-refractivity contribution in [2.75, 3.05) is 0 Å². The van der Waals surface area contributed by atoms with Gasteiger partial charge in [-0.1, -0.05) is 27.4 Å². The molecule has 11 heavy (non-hydrogen) atoms. The smallest absolute Gasteiger partial charge is 0.169 e. The molecule has 0 aliphatic heterocycles. The van der Waals surface area contributed by atoms with E-state index in [0.717, 1.165) is 0 Å². The van der Waals surface area contributed by atoms with Crippen molar-refractivity contribution in [1.82, 2.24) is 0 Å². The third-order valence-electron chi connectivity index (χ3n) is 1.41. The Labute approximate surface area is 67.8 Å². The summed E-state index contributed by atoms with van der Waals surface area (Å²) < 4.78 is 0. The normalized spacial score (nSPS) is 10.9. The van der Waals surface area contributed by atoms with Crippen molar-refractivity contribution in [2.24, 2.45) is 5.41 Å². The van der Waals surface area contributed by atoms with Gasteiger partial charge in [0.15, 0.2) is 5.78 Å². The molecule has 0 spiro atoms. The van der Waals surface area contributed by atoms with Gasteiger partial charge in [-0.2, -0.15) is 0 Å². The fraction of sp³-hybridized carbons (Fsp3) is 0.556. The molecule has 0 aliphatic carbocycles. The van der Waals surface area contributed by atoms with Crippen LogP contribution in [0.15, 0.2) is 12.2 Å². The second-order valence-electron chi connectivity index (χ2n) is 3.68. The molecule has 0 fully saturated rings. The molecule has 0 aromatic heterocycles. The van der Waals surface area contributed by atoms with Crippen LogP contribution in [0.1, 0.15) is 27.7 Å². The fourth-order valence-corrected chi connectivity index (χ4v) is 0.623. The van der Waals surface area contributed by atoms with Crippen LogP contribution in [-0.2, 0) is 4.79 Å². The first-order valence-electron chi connectivity index (χ1n) is 3.56.